The standard InChI is InChI=1S/C15H21NO9/c1-8(17)23-12(7-21-4)14(22-5)15(25-10(3)19)13(11(20)6-16)24-9(2)18/h12-15H,7H2,1-5H3/t12-,13+,14+,15-/m1/s1. The molecule has 0 aromatic carbocycles. The molecule has 0 aliphatic carbocycles. The van der Waals surface area contributed by atoms with Crippen molar-refractivity contribution in [3.05, 3.63) is 0 Å². The third kappa shape index (κ3) is 7.73. The Morgan fingerprint density at radius 2 is 1.40 bits per heavy atom. The lowest BCUT2D eigenvalue weighted by molar-refractivity contribution is -0.194. The minimum atomic E-state index is -1.76. The second-order valence-electron chi connectivity index (χ2n) is 4.88. The fourth-order valence-electron chi connectivity index (χ4n) is 2.08. The van der Waals surface area contributed by atoms with E-state index in [0.717, 1.165) is 20.8 Å². The molecule has 25 heavy (non-hydrogen) atoms. The summed E-state index contributed by atoms with van der Waals surface area (Å²) in [6.45, 7) is 3.05. The second kappa shape index (κ2) is 11.1. The third-order valence-electron chi connectivity index (χ3n) is 2.87. The van der Waals surface area contributed by atoms with E-state index in [1.165, 1.54) is 20.3 Å². The average Bonchev–Trinajstić information content (AvgIpc) is 2.50. The minimum Gasteiger partial charge on any atom is -0.457 e. The number of methoxy groups -OCH3 is 2. The molecule has 0 spiro atoms. The van der Waals surface area contributed by atoms with Crippen LogP contribution < -0.4 is 0 Å². The maximum absolute atomic E-state index is 11.9. The van der Waals surface area contributed by atoms with Gasteiger partial charge in [-0.25, -0.2) is 0 Å². The van der Waals surface area contributed by atoms with Crippen molar-refractivity contribution in [1.29, 1.82) is 5.26 Å². The molecule has 0 fully saturated rings. The highest BCUT2D eigenvalue weighted by molar-refractivity contribution is 5.98. The Kier molecular flexibility index (Phi) is 10.00. The summed E-state index contributed by atoms with van der Waals surface area (Å²) < 4.78 is 25.1. The Morgan fingerprint density at radius 3 is 1.76 bits per heavy atom. The van der Waals surface area contributed by atoms with Crippen molar-refractivity contribution in [2.24, 2.45) is 0 Å². The van der Waals surface area contributed by atoms with E-state index in [-0.39, 0.29) is 6.61 Å². The van der Waals surface area contributed by atoms with E-state index in [1.807, 2.05) is 0 Å². The van der Waals surface area contributed by atoms with Gasteiger partial charge < -0.3 is 23.7 Å². The zero-order valence-corrected chi connectivity index (χ0v) is 14.6. The van der Waals surface area contributed by atoms with Crippen LogP contribution in [0.15, 0.2) is 0 Å². The average molecular weight is 359 g/mol. The maximum atomic E-state index is 11.9. The highest BCUT2D eigenvalue weighted by atomic mass is 16.6. The topological polar surface area (TPSA) is 138 Å². The smallest absolute Gasteiger partial charge is 0.303 e. The monoisotopic (exact) mass is 359 g/mol. The van der Waals surface area contributed by atoms with Crippen LogP contribution in [0, 0.1) is 11.3 Å². The molecule has 0 unspecified atom stereocenters. The molecule has 0 aliphatic heterocycles. The Morgan fingerprint density at radius 1 is 0.880 bits per heavy atom. The molecule has 0 saturated heterocycles. The molecule has 0 aliphatic rings. The van der Waals surface area contributed by atoms with Gasteiger partial charge in [-0.1, -0.05) is 0 Å². The number of ketones is 1. The Bertz CT molecular complexity index is 540. The van der Waals surface area contributed by atoms with E-state index in [9.17, 15) is 19.2 Å². The molecule has 0 radical (unpaired) electrons. The number of hydrogen-bond acceptors (Lipinski definition) is 10. The number of hydrogen-bond donors (Lipinski definition) is 0. The van der Waals surface area contributed by atoms with Gasteiger partial charge in [-0.15, -0.1) is 0 Å². The summed E-state index contributed by atoms with van der Waals surface area (Å²) in [5.74, 6) is -3.55. The zero-order chi connectivity index (χ0) is 19.6. The van der Waals surface area contributed by atoms with Crippen LogP contribution in [0.1, 0.15) is 20.8 Å². The lowest BCUT2D eigenvalue weighted by Gasteiger charge is -2.33. The first-order valence-electron chi connectivity index (χ1n) is 7.15. The van der Waals surface area contributed by atoms with E-state index in [4.69, 9.17) is 28.9 Å². The van der Waals surface area contributed by atoms with Crippen LogP contribution in [0.5, 0.6) is 0 Å². The SMILES string of the molecule is COC[C@@H](OC(C)=O)[C@H](OC)[C@H](OC(C)=O)[C@@H](OC(C)=O)C(=O)C#N. The summed E-state index contributed by atoms with van der Waals surface area (Å²) in [5, 5.41) is 8.86. The van der Waals surface area contributed by atoms with Gasteiger partial charge in [-0.3, -0.25) is 19.2 Å². The van der Waals surface area contributed by atoms with Crippen LogP contribution in [0.4, 0.5) is 0 Å². The Balaban J connectivity index is 5.91. The number of carbonyl (C=O) groups is 4. The van der Waals surface area contributed by atoms with Crippen molar-refractivity contribution in [2.75, 3.05) is 20.8 Å². The van der Waals surface area contributed by atoms with Crippen molar-refractivity contribution in [1.82, 2.24) is 0 Å². The summed E-state index contributed by atoms with van der Waals surface area (Å²) in [5.41, 5.74) is 0. The van der Waals surface area contributed by atoms with Gasteiger partial charge in [-0.05, 0) is 0 Å². The van der Waals surface area contributed by atoms with Gasteiger partial charge in [0.05, 0.1) is 6.61 Å². The molecule has 4 atom stereocenters. The molecular weight excluding hydrogens is 338 g/mol. The Hall–Kier alpha value is -2.51. The molecule has 10 nitrogen and oxygen atoms in total. The van der Waals surface area contributed by atoms with Crippen LogP contribution in [0.25, 0.3) is 0 Å². The number of Topliss-reactive ketones (excluding diaryl/α,β-unsaturated/α-hetero) is 1. The number of ether oxygens (including phenoxy) is 5. The molecule has 0 rings (SSSR count). The lowest BCUT2D eigenvalue weighted by atomic mass is 9.99. The van der Waals surface area contributed by atoms with E-state index in [2.05, 4.69) is 0 Å². The number of nitriles is 1. The molecule has 0 amide bonds. The van der Waals surface area contributed by atoms with E-state index >= 15 is 0 Å². The normalized spacial score (nSPS) is 15.0. The molecule has 140 valence electrons. The Labute approximate surface area is 144 Å². The highest BCUT2D eigenvalue weighted by Crippen LogP contribution is 2.19. The highest BCUT2D eigenvalue weighted by Gasteiger charge is 2.44. The van der Waals surface area contributed by atoms with Gasteiger partial charge in [0.25, 0.3) is 5.78 Å². The summed E-state index contributed by atoms with van der Waals surface area (Å²) >= 11 is 0. The van der Waals surface area contributed by atoms with Crippen LogP contribution in [0.2, 0.25) is 0 Å². The van der Waals surface area contributed by atoms with E-state index < -0.39 is 48.1 Å². The molecule has 10 heteroatoms. The summed E-state index contributed by atoms with van der Waals surface area (Å²) in [6.07, 6.45) is -5.62. The number of nitrogens with zero attached hydrogens (tertiary/aromatic N) is 1. The summed E-state index contributed by atoms with van der Waals surface area (Å²) in [7, 11) is 2.53. The van der Waals surface area contributed by atoms with Gasteiger partial charge in [0.15, 0.2) is 12.2 Å². The molecule has 0 N–H and O–H groups in total. The molecular formula is C15H21NO9. The van der Waals surface area contributed by atoms with Crippen molar-refractivity contribution in [3.8, 4) is 6.07 Å². The van der Waals surface area contributed by atoms with Gasteiger partial charge >= 0.3 is 17.9 Å². The van der Waals surface area contributed by atoms with Crippen molar-refractivity contribution < 1.29 is 42.9 Å². The van der Waals surface area contributed by atoms with E-state index in [1.54, 1.807) is 0 Å². The van der Waals surface area contributed by atoms with Crippen molar-refractivity contribution in [2.45, 2.75) is 45.2 Å². The third-order valence-corrected chi connectivity index (χ3v) is 2.87. The molecule has 0 bridgehead atoms. The minimum absolute atomic E-state index is 0.163. The number of carbonyl (C=O) groups excluding carboxylic acids is 4. The second-order valence-corrected chi connectivity index (χ2v) is 4.88. The van der Waals surface area contributed by atoms with Crippen LogP contribution in [-0.2, 0) is 42.9 Å². The quantitative estimate of drug-likeness (QED) is 0.286. The summed E-state index contributed by atoms with van der Waals surface area (Å²) in [4.78, 5) is 45.9. The molecule has 0 saturated carbocycles. The molecule has 0 heterocycles. The zero-order valence-electron chi connectivity index (χ0n) is 14.6. The fourth-order valence-corrected chi connectivity index (χ4v) is 2.08. The van der Waals surface area contributed by atoms with Crippen LogP contribution in [-0.4, -0.2) is 68.9 Å². The van der Waals surface area contributed by atoms with E-state index in [0.29, 0.717) is 0 Å². The van der Waals surface area contributed by atoms with Gasteiger partial charge in [0, 0.05) is 35.0 Å². The fraction of sp³-hybridized carbons (Fsp3) is 0.667. The van der Waals surface area contributed by atoms with Crippen molar-refractivity contribution in [3.63, 3.8) is 0 Å². The molecule has 0 aromatic heterocycles. The van der Waals surface area contributed by atoms with Gasteiger partial charge in [-0.2, -0.15) is 5.26 Å². The number of rotatable bonds is 10. The first-order valence-corrected chi connectivity index (χ1v) is 7.15. The van der Waals surface area contributed by atoms with Crippen molar-refractivity contribution >= 4 is 23.7 Å². The maximum Gasteiger partial charge on any atom is 0.303 e. The first kappa shape index (κ1) is 22.5. The first-order chi connectivity index (χ1) is 11.7. The van der Waals surface area contributed by atoms with Gasteiger partial charge in [0.1, 0.15) is 12.2 Å². The predicted molar refractivity (Wildman–Crippen MR) is 80.0 cm³/mol. The number of esters is 3. The molecule has 0 aromatic rings. The van der Waals surface area contributed by atoms with Gasteiger partial charge in [0.2, 0.25) is 6.10 Å². The lowest BCUT2D eigenvalue weighted by Crippen LogP contribution is -2.54. The van der Waals surface area contributed by atoms with Crippen LogP contribution in [0.3, 0.4) is 0 Å². The predicted octanol–water partition coefficient (Wildman–Crippen LogP) is -0.464. The largest absolute Gasteiger partial charge is 0.457 e. The summed E-state index contributed by atoms with van der Waals surface area (Å²) in [6, 6.07) is 1.31. The van der Waals surface area contributed by atoms with Crippen LogP contribution >= 0.6 is 0 Å².